The lowest BCUT2D eigenvalue weighted by molar-refractivity contribution is 0.597. The standard InChI is InChI=1S/C20H22N4O2S/c1-14-3-4-16(19(9-14)17-11-22-23(2)12-17)13-24-8-7-15-10-18(27(21,25)26)5-6-20(15)24/h3-6,9-12H,7-8,13H2,1-2H3,(H2,21,25,26). The second-order valence-electron chi connectivity index (χ2n) is 7.07. The zero-order chi connectivity index (χ0) is 19.2. The Kier molecular flexibility index (Phi) is 4.28. The molecule has 0 unspecified atom stereocenters. The van der Waals surface area contributed by atoms with E-state index in [0.717, 1.165) is 36.3 Å². The summed E-state index contributed by atoms with van der Waals surface area (Å²) >= 11 is 0. The zero-order valence-corrected chi connectivity index (χ0v) is 16.2. The van der Waals surface area contributed by atoms with Crippen molar-refractivity contribution in [3.8, 4) is 11.1 Å². The average Bonchev–Trinajstić information content (AvgIpc) is 3.22. The fourth-order valence-electron chi connectivity index (χ4n) is 3.65. The molecule has 1 aliphatic heterocycles. The minimum Gasteiger partial charge on any atom is -0.367 e. The number of hydrogen-bond acceptors (Lipinski definition) is 4. The predicted octanol–water partition coefficient (Wildman–Crippen LogP) is 2.61. The van der Waals surface area contributed by atoms with Crippen molar-refractivity contribution in [3.63, 3.8) is 0 Å². The molecule has 27 heavy (non-hydrogen) atoms. The van der Waals surface area contributed by atoms with Gasteiger partial charge >= 0.3 is 0 Å². The van der Waals surface area contributed by atoms with Crippen LogP contribution in [0.25, 0.3) is 11.1 Å². The van der Waals surface area contributed by atoms with Gasteiger partial charge in [0.15, 0.2) is 0 Å². The van der Waals surface area contributed by atoms with E-state index in [1.807, 2.05) is 25.5 Å². The molecule has 1 aliphatic rings. The van der Waals surface area contributed by atoms with E-state index in [1.165, 1.54) is 16.7 Å². The van der Waals surface area contributed by atoms with Gasteiger partial charge in [0, 0.05) is 37.6 Å². The van der Waals surface area contributed by atoms with Crippen LogP contribution in [0.2, 0.25) is 0 Å². The van der Waals surface area contributed by atoms with Gasteiger partial charge in [-0.3, -0.25) is 4.68 Å². The molecule has 3 aromatic rings. The Hall–Kier alpha value is -2.64. The molecule has 0 saturated carbocycles. The largest absolute Gasteiger partial charge is 0.367 e. The van der Waals surface area contributed by atoms with Crippen LogP contribution in [-0.2, 0) is 30.0 Å². The Morgan fingerprint density at radius 1 is 1.19 bits per heavy atom. The summed E-state index contributed by atoms with van der Waals surface area (Å²) < 4.78 is 25.0. The summed E-state index contributed by atoms with van der Waals surface area (Å²) in [6.07, 6.45) is 4.72. The quantitative estimate of drug-likeness (QED) is 0.752. The molecule has 2 aromatic carbocycles. The van der Waals surface area contributed by atoms with Crippen LogP contribution in [0.1, 0.15) is 16.7 Å². The molecule has 7 heteroatoms. The predicted molar refractivity (Wildman–Crippen MR) is 106 cm³/mol. The second-order valence-corrected chi connectivity index (χ2v) is 8.63. The van der Waals surface area contributed by atoms with Crippen molar-refractivity contribution < 1.29 is 8.42 Å². The summed E-state index contributed by atoms with van der Waals surface area (Å²) in [5.41, 5.74) is 6.80. The Labute approximate surface area is 159 Å². The number of benzene rings is 2. The number of nitrogens with two attached hydrogens (primary N) is 1. The third-order valence-electron chi connectivity index (χ3n) is 5.01. The maximum atomic E-state index is 11.6. The highest BCUT2D eigenvalue weighted by Gasteiger charge is 2.22. The van der Waals surface area contributed by atoms with Crippen LogP contribution in [0.5, 0.6) is 0 Å². The van der Waals surface area contributed by atoms with E-state index in [4.69, 9.17) is 5.14 Å². The highest BCUT2D eigenvalue weighted by atomic mass is 32.2. The van der Waals surface area contributed by atoms with E-state index in [-0.39, 0.29) is 4.90 Å². The fraction of sp³-hybridized carbons (Fsp3) is 0.250. The highest BCUT2D eigenvalue weighted by Crippen LogP contribution is 2.33. The van der Waals surface area contributed by atoms with Crippen LogP contribution in [0.3, 0.4) is 0 Å². The molecule has 6 nitrogen and oxygen atoms in total. The van der Waals surface area contributed by atoms with Gasteiger partial charge in [-0.15, -0.1) is 0 Å². The smallest absolute Gasteiger partial charge is 0.238 e. The number of primary sulfonamides is 1. The molecule has 0 spiro atoms. The molecule has 0 aliphatic carbocycles. The monoisotopic (exact) mass is 382 g/mol. The van der Waals surface area contributed by atoms with Crippen molar-refractivity contribution in [1.29, 1.82) is 0 Å². The minimum atomic E-state index is -3.67. The maximum Gasteiger partial charge on any atom is 0.238 e. The number of fused-ring (bicyclic) bond motifs is 1. The first-order valence-electron chi connectivity index (χ1n) is 8.80. The van der Waals surface area contributed by atoms with Crippen LogP contribution < -0.4 is 10.0 Å². The first-order valence-corrected chi connectivity index (χ1v) is 10.3. The van der Waals surface area contributed by atoms with Gasteiger partial charge in [-0.25, -0.2) is 13.6 Å². The van der Waals surface area contributed by atoms with Crippen LogP contribution in [0, 0.1) is 6.92 Å². The number of hydrogen-bond donors (Lipinski definition) is 1. The third kappa shape index (κ3) is 3.48. The second kappa shape index (κ2) is 6.51. The average molecular weight is 382 g/mol. The van der Waals surface area contributed by atoms with Gasteiger partial charge in [-0.05, 0) is 48.2 Å². The number of anilines is 1. The fourth-order valence-corrected chi connectivity index (χ4v) is 4.21. The lowest BCUT2D eigenvalue weighted by atomic mass is 9.99. The molecule has 0 bridgehead atoms. The Bertz CT molecular complexity index is 1120. The van der Waals surface area contributed by atoms with Crippen molar-refractivity contribution in [2.75, 3.05) is 11.4 Å². The summed E-state index contributed by atoms with van der Waals surface area (Å²) in [6.45, 7) is 3.69. The summed E-state index contributed by atoms with van der Waals surface area (Å²) in [4.78, 5) is 2.46. The van der Waals surface area contributed by atoms with Crippen molar-refractivity contribution in [2.45, 2.75) is 24.8 Å². The summed E-state index contributed by atoms with van der Waals surface area (Å²) in [7, 11) is -1.76. The van der Waals surface area contributed by atoms with E-state index < -0.39 is 10.0 Å². The minimum absolute atomic E-state index is 0.175. The molecule has 1 aromatic heterocycles. The molecule has 2 heterocycles. The van der Waals surface area contributed by atoms with Gasteiger partial charge in [-0.2, -0.15) is 5.10 Å². The topological polar surface area (TPSA) is 81.2 Å². The zero-order valence-electron chi connectivity index (χ0n) is 15.4. The molecular formula is C20H22N4O2S. The molecule has 0 atom stereocenters. The van der Waals surface area contributed by atoms with Crippen LogP contribution in [-0.4, -0.2) is 24.7 Å². The molecule has 2 N–H and O–H groups in total. The number of aryl methyl sites for hydroxylation is 2. The molecule has 140 valence electrons. The molecular weight excluding hydrogens is 360 g/mol. The Morgan fingerprint density at radius 2 is 2.00 bits per heavy atom. The van der Waals surface area contributed by atoms with Crippen molar-refractivity contribution in [2.24, 2.45) is 12.2 Å². The molecule has 0 saturated heterocycles. The van der Waals surface area contributed by atoms with Crippen LogP contribution >= 0.6 is 0 Å². The molecule has 0 amide bonds. The highest BCUT2D eigenvalue weighted by molar-refractivity contribution is 7.89. The summed E-state index contributed by atoms with van der Waals surface area (Å²) in [5.74, 6) is 0. The lowest BCUT2D eigenvalue weighted by Crippen LogP contribution is -2.20. The van der Waals surface area contributed by atoms with E-state index in [0.29, 0.717) is 0 Å². The Balaban J connectivity index is 1.68. The Morgan fingerprint density at radius 3 is 2.70 bits per heavy atom. The first-order chi connectivity index (χ1) is 12.8. The number of nitrogens with zero attached hydrogens (tertiary/aromatic N) is 3. The van der Waals surface area contributed by atoms with Crippen molar-refractivity contribution >= 4 is 15.7 Å². The van der Waals surface area contributed by atoms with E-state index in [9.17, 15) is 8.42 Å². The maximum absolute atomic E-state index is 11.6. The van der Waals surface area contributed by atoms with Gasteiger partial charge in [0.25, 0.3) is 0 Å². The van der Waals surface area contributed by atoms with Gasteiger partial charge in [0.2, 0.25) is 10.0 Å². The van der Waals surface area contributed by atoms with Crippen LogP contribution in [0.15, 0.2) is 53.7 Å². The molecule has 0 radical (unpaired) electrons. The number of rotatable bonds is 4. The number of aromatic nitrogens is 2. The molecule has 4 rings (SSSR count). The third-order valence-corrected chi connectivity index (χ3v) is 5.92. The van der Waals surface area contributed by atoms with Gasteiger partial charge in [0.05, 0.1) is 11.1 Å². The van der Waals surface area contributed by atoms with E-state index in [2.05, 4.69) is 35.1 Å². The number of sulfonamides is 1. The van der Waals surface area contributed by atoms with E-state index in [1.54, 1.807) is 16.8 Å². The van der Waals surface area contributed by atoms with Crippen molar-refractivity contribution in [3.05, 3.63) is 65.5 Å². The van der Waals surface area contributed by atoms with Gasteiger partial charge < -0.3 is 4.90 Å². The van der Waals surface area contributed by atoms with Crippen molar-refractivity contribution in [1.82, 2.24) is 9.78 Å². The SMILES string of the molecule is Cc1ccc(CN2CCc3cc(S(N)(=O)=O)ccc32)c(-c2cnn(C)c2)c1. The molecule has 0 fully saturated rings. The van der Waals surface area contributed by atoms with Gasteiger partial charge in [0.1, 0.15) is 0 Å². The summed E-state index contributed by atoms with van der Waals surface area (Å²) in [5, 5.41) is 9.56. The van der Waals surface area contributed by atoms with Crippen LogP contribution in [0.4, 0.5) is 5.69 Å². The normalized spacial score (nSPS) is 13.8. The van der Waals surface area contributed by atoms with Gasteiger partial charge in [-0.1, -0.05) is 23.8 Å². The lowest BCUT2D eigenvalue weighted by Gasteiger charge is -2.21. The first kappa shape index (κ1) is 17.8. The summed E-state index contributed by atoms with van der Waals surface area (Å²) in [6, 6.07) is 11.6. The van der Waals surface area contributed by atoms with E-state index >= 15 is 0 Å².